The normalized spacial score (nSPS) is 28.9. The molecule has 2 rings (SSSR count). The highest BCUT2D eigenvalue weighted by Crippen LogP contribution is 2.30. The van der Waals surface area contributed by atoms with Crippen LogP contribution in [0.4, 0.5) is 0 Å². The van der Waals surface area contributed by atoms with Crippen molar-refractivity contribution in [2.75, 3.05) is 19.7 Å². The van der Waals surface area contributed by atoms with Crippen LogP contribution in [0.2, 0.25) is 0 Å². The van der Waals surface area contributed by atoms with Crippen LogP contribution in [0, 0.1) is 5.92 Å². The van der Waals surface area contributed by atoms with Crippen LogP contribution in [0.15, 0.2) is 0 Å². The molecule has 0 spiro atoms. The maximum atomic E-state index is 6.00. The van der Waals surface area contributed by atoms with Gasteiger partial charge >= 0.3 is 0 Å². The van der Waals surface area contributed by atoms with Gasteiger partial charge in [0, 0.05) is 12.6 Å². The Morgan fingerprint density at radius 1 is 0.857 bits per heavy atom. The summed E-state index contributed by atoms with van der Waals surface area (Å²) < 4.78 is 6.00. The zero-order valence-electron chi connectivity index (χ0n) is 14.5. The van der Waals surface area contributed by atoms with E-state index in [4.69, 9.17) is 4.74 Å². The fraction of sp³-hybridized carbons (Fsp3) is 1.00. The van der Waals surface area contributed by atoms with Crippen LogP contribution in [0.1, 0.15) is 84.5 Å². The fourth-order valence-electron chi connectivity index (χ4n) is 4.07. The number of unbranched alkanes of at least 4 members (excludes halogenated alkanes) is 2. The SMILES string of the molecule is CCCCO[C@H]1CC[C@H](N2CCC(CCCC)CC2)CC1. The summed E-state index contributed by atoms with van der Waals surface area (Å²) in [5.74, 6) is 1.02. The number of nitrogens with zero attached hydrogens (tertiary/aromatic N) is 1. The Hall–Kier alpha value is -0.0800. The van der Waals surface area contributed by atoms with Crippen LogP contribution in [0.5, 0.6) is 0 Å². The smallest absolute Gasteiger partial charge is 0.0576 e. The minimum Gasteiger partial charge on any atom is -0.378 e. The minimum absolute atomic E-state index is 0.565. The van der Waals surface area contributed by atoms with E-state index in [1.54, 1.807) is 0 Å². The molecule has 0 aromatic carbocycles. The fourth-order valence-corrected chi connectivity index (χ4v) is 4.07. The second kappa shape index (κ2) is 9.84. The van der Waals surface area contributed by atoms with Gasteiger partial charge in [0.1, 0.15) is 0 Å². The van der Waals surface area contributed by atoms with E-state index in [2.05, 4.69) is 18.7 Å². The van der Waals surface area contributed by atoms with Crippen molar-refractivity contribution in [2.24, 2.45) is 5.92 Å². The lowest BCUT2D eigenvalue weighted by Gasteiger charge is -2.40. The molecule has 21 heavy (non-hydrogen) atoms. The van der Waals surface area contributed by atoms with E-state index in [0.29, 0.717) is 6.10 Å². The third kappa shape index (κ3) is 5.90. The van der Waals surface area contributed by atoms with Crippen molar-refractivity contribution in [3.63, 3.8) is 0 Å². The van der Waals surface area contributed by atoms with Gasteiger partial charge in [-0.3, -0.25) is 0 Å². The van der Waals surface area contributed by atoms with Gasteiger partial charge in [-0.25, -0.2) is 0 Å². The molecule has 0 aromatic rings. The molecule has 124 valence electrons. The monoisotopic (exact) mass is 295 g/mol. The van der Waals surface area contributed by atoms with Gasteiger partial charge < -0.3 is 9.64 Å². The van der Waals surface area contributed by atoms with Gasteiger partial charge in [0.15, 0.2) is 0 Å². The number of ether oxygens (including phenoxy) is 1. The second-order valence-corrected chi connectivity index (χ2v) is 7.28. The Labute approximate surface area is 132 Å². The molecule has 0 atom stereocenters. The van der Waals surface area contributed by atoms with Crippen molar-refractivity contribution in [3.8, 4) is 0 Å². The first kappa shape index (κ1) is 17.3. The van der Waals surface area contributed by atoms with E-state index in [1.165, 1.54) is 83.7 Å². The summed E-state index contributed by atoms with van der Waals surface area (Å²) in [5.41, 5.74) is 0. The molecule has 0 amide bonds. The van der Waals surface area contributed by atoms with Gasteiger partial charge in [-0.05, 0) is 64.0 Å². The topological polar surface area (TPSA) is 12.5 Å². The van der Waals surface area contributed by atoms with Gasteiger partial charge in [-0.1, -0.05) is 39.5 Å². The maximum absolute atomic E-state index is 6.00. The van der Waals surface area contributed by atoms with Gasteiger partial charge in [0.2, 0.25) is 0 Å². The first-order valence-electron chi connectivity index (χ1n) is 9.69. The number of likely N-dealkylation sites (tertiary alicyclic amines) is 1. The van der Waals surface area contributed by atoms with E-state index in [-0.39, 0.29) is 0 Å². The molecule has 2 heteroatoms. The van der Waals surface area contributed by atoms with Crippen molar-refractivity contribution < 1.29 is 4.74 Å². The molecule has 1 saturated carbocycles. The number of rotatable bonds is 8. The molecule has 0 bridgehead atoms. The van der Waals surface area contributed by atoms with Crippen LogP contribution in [-0.4, -0.2) is 36.7 Å². The molecule has 1 heterocycles. The zero-order valence-corrected chi connectivity index (χ0v) is 14.5. The van der Waals surface area contributed by atoms with E-state index in [1.807, 2.05) is 0 Å². The van der Waals surface area contributed by atoms with Crippen LogP contribution >= 0.6 is 0 Å². The number of hydrogen-bond acceptors (Lipinski definition) is 2. The number of piperidine rings is 1. The lowest BCUT2D eigenvalue weighted by molar-refractivity contribution is 0.000562. The lowest BCUT2D eigenvalue weighted by atomic mass is 9.87. The molecule has 0 unspecified atom stereocenters. The van der Waals surface area contributed by atoms with Crippen LogP contribution in [0.25, 0.3) is 0 Å². The minimum atomic E-state index is 0.565. The quantitative estimate of drug-likeness (QED) is 0.583. The molecule has 1 aliphatic heterocycles. The second-order valence-electron chi connectivity index (χ2n) is 7.28. The van der Waals surface area contributed by atoms with Gasteiger partial charge in [0.05, 0.1) is 6.10 Å². The van der Waals surface area contributed by atoms with E-state index in [0.717, 1.165) is 18.6 Å². The summed E-state index contributed by atoms with van der Waals surface area (Å²) in [6.45, 7) is 8.26. The predicted molar refractivity (Wildman–Crippen MR) is 90.7 cm³/mol. The van der Waals surface area contributed by atoms with Crippen molar-refractivity contribution in [2.45, 2.75) is 96.6 Å². The molecular weight excluding hydrogens is 258 g/mol. The summed E-state index contributed by atoms with van der Waals surface area (Å²) in [5, 5.41) is 0. The Morgan fingerprint density at radius 2 is 1.52 bits per heavy atom. The molecule has 2 nitrogen and oxygen atoms in total. The number of hydrogen-bond donors (Lipinski definition) is 0. The average molecular weight is 296 g/mol. The molecule has 1 saturated heterocycles. The molecule has 0 radical (unpaired) electrons. The first-order valence-corrected chi connectivity index (χ1v) is 9.69. The summed E-state index contributed by atoms with van der Waals surface area (Å²) in [6.07, 6.45) is 15.6. The molecular formula is C19H37NO. The summed E-state index contributed by atoms with van der Waals surface area (Å²) >= 11 is 0. The van der Waals surface area contributed by atoms with Crippen molar-refractivity contribution in [3.05, 3.63) is 0 Å². The predicted octanol–water partition coefficient (Wildman–Crippen LogP) is 5.02. The van der Waals surface area contributed by atoms with Crippen LogP contribution in [0.3, 0.4) is 0 Å². The third-order valence-electron chi connectivity index (χ3n) is 5.63. The summed E-state index contributed by atoms with van der Waals surface area (Å²) in [4.78, 5) is 2.80. The Kier molecular flexibility index (Phi) is 8.10. The highest BCUT2D eigenvalue weighted by atomic mass is 16.5. The van der Waals surface area contributed by atoms with E-state index >= 15 is 0 Å². The largest absolute Gasteiger partial charge is 0.378 e. The van der Waals surface area contributed by atoms with Gasteiger partial charge in [-0.2, -0.15) is 0 Å². The lowest BCUT2D eigenvalue weighted by Crippen LogP contribution is -2.44. The Morgan fingerprint density at radius 3 is 2.14 bits per heavy atom. The van der Waals surface area contributed by atoms with E-state index in [9.17, 15) is 0 Å². The third-order valence-corrected chi connectivity index (χ3v) is 5.63. The highest BCUT2D eigenvalue weighted by Gasteiger charge is 2.28. The molecule has 1 aliphatic carbocycles. The van der Waals surface area contributed by atoms with Gasteiger partial charge in [-0.15, -0.1) is 0 Å². The molecule has 0 N–H and O–H groups in total. The maximum Gasteiger partial charge on any atom is 0.0576 e. The molecule has 2 fully saturated rings. The first-order chi connectivity index (χ1) is 10.3. The van der Waals surface area contributed by atoms with Crippen molar-refractivity contribution >= 4 is 0 Å². The van der Waals surface area contributed by atoms with Crippen molar-refractivity contribution in [1.82, 2.24) is 4.90 Å². The van der Waals surface area contributed by atoms with Gasteiger partial charge in [0.25, 0.3) is 0 Å². The highest BCUT2D eigenvalue weighted by molar-refractivity contribution is 4.83. The summed E-state index contributed by atoms with van der Waals surface area (Å²) in [7, 11) is 0. The van der Waals surface area contributed by atoms with Crippen molar-refractivity contribution in [1.29, 1.82) is 0 Å². The van der Waals surface area contributed by atoms with Crippen LogP contribution in [-0.2, 0) is 4.74 Å². The van der Waals surface area contributed by atoms with Crippen LogP contribution < -0.4 is 0 Å². The average Bonchev–Trinajstić information content (AvgIpc) is 2.54. The molecule has 0 aromatic heterocycles. The zero-order chi connectivity index (χ0) is 14.9. The van der Waals surface area contributed by atoms with E-state index < -0.39 is 0 Å². The standard InChI is InChI=1S/C19H37NO/c1-3-5-7-17-12-14-20(15-13-17)18-8-10-19(11-9-18)21-16-6-4-2/h17-19H,3-16H2,1-2H3/t18-,19-. The summed E-state index contributed by atoms with van der Waals surface area (Å²) in [6, 6.07) is 0.864. The Bertz CT molecular complexity index is 252. The molecule has 2 aliphatic rings. The Balaban J connectivity index is 1.60.